The number of benzene rings is 2. The minimum Gasteiger partial charge on any atom is -0.372 e. The van der Waals surface area contributed by atoms with Crippen molar-refractivity contribution >= 4 is 0 Å². The Morgan fingerprint density at radius 2 is 0.692 bits per heavy atom. The molecule has 142 valence electrons. The Balaban J connectivity index is 2.56. The van der Waals surface area contributed by atoms with Gasteiger partial charge in [-0.3, -0.25) is 0 Å². The number of alkyl halides is 9. The molecular formula is C16H9F9O. The van der Waals surface area contributed by atoms with Crippen LogP contribution in [-0.2, 0) is 18.0 Å². The van der Waals surface area contributed by atoms with Gasteiger partial charge in [0.25, 0.3) is 0 Å². The number of hydrogen-bond donors (Lipinski definition) is 1. The topological polar surface area (TPSA) is 20.2 Å². The van der Waals surface area contributed by atoms with Crippen molar-refractivity contribution in [3.63, 3.8) is 0 Å². The molecule has 0 spiro atoms. The molecule has 0 atom stereocenters. The van der Waals surface area contributed by atoms with Crippen LogP contribution in [0.25, 0.3) is 0 Å². The largest absolute Gasteiger partial charge is 0.425 e. The van der Waals surface area contributed by atoms with E-state index in [0.29, 0.717) is 48.5 Å². The van der Waals surface area contributed by atoms with Gasteiger partial charge < -0.3 is 5.11 Å². The maximum Gasteiger partial charge on any atom is 0.425 e. The maximum absolute atomic E-state index is 13.5. The summed E-state index contributed by atoms with van der Waals surface area (Å²) in [4.78, 5) is 0. The number of rotatable bonds is 2. The Kier molecular flexibility index (Phi) is 4.78. The summed E-state index contributed by atoms with van der Waals surface area (Å²) in [7, 11) is 0. The molecule has 0 heterocycles. The summed E-state index contributed by atoms with van der Waals surface area (Å²) in [6.07, 6.45) is -15.0. The van der Waals surface area contributed by atoms with Gasteiger partial charge in [0.15, 0.2) is 0 Å². The van der Waals surface area contributed by atoms with Gasteiger partial charge in [-0.05, 0) is 35.4 Å². The highest BCUT2D eigenvalue weighted by Crippen LogP contribution is 2.45. The van der Waals surface area contributed by atoms with Crippen molar-refractivity contribution in [3.8, 4) is 0 Å². The Bertz CT molecular complexity index is 695. The molecule has 0 saturated carbocycles. The summed E-state index contributed by atoms with van der Waals surface area (Å²) in [5, 5.41) is 10.2. The van der Waals surface area contributed by atoms with E-state index in [1.165, 1.54) is 0 Å². The minimum atomic E-state index is -5.40. The summed E-state index contributed by atoms with van der Waals surface area (Å²) in [5.41, 5.74) is -8.17. The Labute approximate surface area is 140 Å². The van der Waals surface area contributed by atoms with E-state index in [2.05, 4.69) is 0 Å². The van der Waals surface area contributed by atoms with Crippen molar-refractivity contribution in [2.75, 3.05) is 0 Å². The zero-order valence-corrected chi connectivity index (χ0v) is 12.5. The average Bonchev–Trinajstić information content (AvgIpc) is 2.51. The van der Waals surface area contributed by atoms with Gasteiger partial charge in [0, 0.05) is 0 Å². The van der Waals surface area contributed by atoms with Gasteiger partial charge in [-0.2, -0.15) is 39.5 Å². The molecular weight excluding hydrogens is 379 g/mol. The fraction of sp³-hybridized carbons (Fsp3) is 0.250. The van der Waals surface area contributed by atoms with Crippen molar-refractivity contribution < 1.29 is 44.6 Å². The lowest BCUT2D eigenvalue weighted by Gasteiger charge is -2.32. The molecule has 2 aromatic rings. The monoisotopic (exact) mass is 388 g/mol. The van der Waals surface area contributed by atoms with Gasteiger partial charge in [-0.25, -0.2) is 0 Å². The van der Waals surface area contributed by atoms with E-state index in [4.69, 9.17) is 0 Å². The first-order chi connectivity index (χ1) is 11.7. The molecule has 0 amide bonds. The molecule has 0 unspecified atom stereocenters. The molecule has 0 saturated heterocycles. The normalized spacial score (nSPS) is 13.8. The van der Waals surface area contributed by atoms with Gasteiger partial charge in [0.1, 0.15) is 0 Å². The van der Waals surface area contributed by atoms with Crippen molar-refractivity contribution in [2.45, 2.75) is 24.1 Å². The predicted octanol–water partition coefficient (Wildman–Crippen LogP) is 5.52. The van der Waals surface area contributed by atoms with Gasteiger partial charge in [0.05, 0.1) is 11.1 Å². The highest BCUT2D eigenvalue weighted by Gasteiger charge is 2.56. The lowest BCUT2D eigenvalue weighted by Crippen LogP contribution is -2.43. The van der Waals surface area contributed by atoms with Crippen LogP contribution in [0.5, 0.6) is 0 Å². The molecule has 2 rings (SSSR count). The lowest BCUT2D eigenvalue weighted by molar-refractivity contribution is -0.248. The van der Waals surface area contributed by atoms with Crippen LogP contribution in [0.3, 0.4) is 0 Å². The van der Waals surface area contributed by atoms with Gasteiger partial charge >= 0.3 is 18.5 Å². The second-order valence-corrected chi connectivity index (χ2v) is 5.36. The van der Waals surface area contributed by atoms with Crippen molar-refractivity contribution in [1.82, 2.24) is 0 Å². The van der Waals surface area contributed by atoms with E-state index in [1.807, 2.05) is 0 Å². The average molecular weight is 388 g/mol. The molecule has 0 aromatic heterocycles. The summed E-state index contributed by atoms with van der Waals surface area (Å²) >= 11 is 0. The van der Waals surface area contributed by atoms with E-state index in [-0.39, 0.29) is 0 Å². The van der Waals surface area contributed by atoms with Crippen LogP contribution < -0.4 is 0 Å². The third-order valence-electron chi connectivity index (χ3n) is 3.67. The lowest BCUT2D eigenvalue weighted by atomic mass is 9.85. The standard InChI is InChI=1S/C16H9F9O/c17-14(18,19)11-5-1-9(2-6-11)13(26,16(23,24)25)10-3-7-12(8-4-10)15(20,21)22/h1-8,26H. The van der Waals surface area contributed by atoms with Crippen LogP contribution >= 0.6 is 0 Å². The quantitative estimate of drug-likeness (QED) is 0.672. The van der Waals surface area contributed by atoms with Gasteiger partial charge in [0.2, 0.25) is 5.60 Å². The maximum atomic E-state index is 13.5. The second kappa shape index (κ2) is 6.19. The molecule has 0 aliphatic rings. The SMILES string of the molecule is OC(c1ccc(C(F)(F)F)cc1)(c1ccc(C(F)(F)F)cc1)C(F)(F)F. The molecule has 1 N–H and O–H groups in total. The van der Waals surface area contributed by atoms with E-state index in [9.17, 15) is 44.6 Å². The molecule has 0 radical (unpaired) electrons. The van der Waals surface area contributed by atoms with E-state index >= 15 is 0 Å². The molecule has 0 aliphatic heterocycles. The van der Waals surface area contributed by atoms with E-state index in [0.717, 1.165) is 0 Å². The summed E-state index contributed by atoms with van der Waals surface area (Å²) < 4.78 is 116. The van der Waals surface area contributed by atoms with Crippen molar-refractivity contribution in [3.05, 3.63) is 70.8 Å². The number of aliphatic hydroxyl groups is 1. The predicted molar refractivity (Wildman–Crippen MR) is 71.9 cm³/mol. The minimum absolute atomic E-state index is 0.343. The highest BCUT2D eigenvalue weighted by atomic mass is 19.4. The van der Waals surface area contributed by atoms with Crippen LogP contribution in [-0.4, -0.2) is 11.3 Å². The van der Waals surface area contributed by atoms with Crippen LogP contribution in [0.2, 0.25) is 0 Å². The van der Waals surface area contributed by atoms with Gasteiger partial charge in [-0.1, -0.05) is 24.3 Å². The van der Waals surface area contributed by atoms with Crippen LogP contribution in [0, 0.1) is 0 Å². The van der Waals surface area contributed by atoms with Crippen molar-refractivity contribution in [2.24, 2.45) is 0 Å². The Morgan fingerprint density at radius 3 is 0.885 bits per heavy atom. The zero-order chi connectivity index (χ0) is 20.0. The first-order valence-corrected chi connectivity index (χ1v) is 6.82. The van der Waals surface area contributed by atoms with Gasteiger partial charge in [-0.15, -0.1) is 0 Å². The summed E-state index contributed by atoms with van der Waals surface area (Å²) in [5.74, 6) is 0. The Morgan fingerprint density at radius 1 is 0.462 bits per heavy atom. The van der Waals surface area contributed by atoms with Crippen molar-refractivity contribution in [1.29, 1.82) is 0 Å². The van der Waals surface area contributed by atoms with Crippen LogP contribution in [0.1, 0.15) is 22.3 Å². The smallest absolute Gasteiger partial charge is 0.372 e. The molecule has 26 heavy (non-hydrogen) atoms. The third-order valence-corrected chi connectivity index (χ3v) is 3.67. The first kappa shape index (κ1) is 20.1. The number of hydrogen-bond acceptors (Lipinski definition) is 1. The second-order valence-electron chi connectivity index (χ2n) is 5.36. The van der Waals surface area contributed by atoms with E-state index in [1.54, 1.807) is 0 Å². The highest BCUT2D eigenvalue weighted by molar-refractivity contribution is 5.41. The van der Waals surface area contributed by atoms with Crippen LogP contribution in [0.15, 0.2) is 48.5 Å². The molecule has 1 nitrogen and oxygen atoms in total. The fourth-order valence-corrected chi connectivity index (χ4v) is 2.29. The molecule has 2 aromatic carbocycles. The number of halogens is 9. The molecule has 10 heteroatoms. The molecule has 0 aliphatic carbocycles. The summed E-state index contributed by atoms with van der Waals surface area (Å²) in [6.45, 7) is 0. The molecule has 0 bridgehead atoms. The fourth-order valence-electron chi connectivity index (χ4n) is 2.29. The Hall–Kier alpha value is -2.23. The third kappa shape index (κ3) is 3.64. The zero-order valence-electron chi connectivity index (χ0n) is 12.5. The summed E-state index contributed by atoms with van der Waals surface area (Å²) in [6, 6.07) is 3.07. The molecule has 0 fully saturated rings. The van der Waals surface area contributed by atoms with Crippen LogP contribution in [0.4, 0.5) is 39.5 Å². The first-order valence-electron chi connectivity index (χ1n) is 6.82. The van der Waals surface area contributed by atoms with E-state index < -0.39 is 46.4 Å².